The monoisotopic (exact) mass is 911 g/mol. The standard InChI is InChI=1S/C65H62BN3O/c1-8-10-20-42-28-30-55-48(35-42)49-36-43(21-11-9-2)37-54-62(49)68(55)58-39-50-47-26-18-19-27-59(47)70-63(50)60-51-38-46(67(44-22-14-12-15-23-44)45-24-16-13-17-25-45)29-31-56(51)69(66(54)61(58)60)57-40-53-52(34-41(57)3)64(4,5)32-33-65(53,6)7/h12-19,22-31,34-40H,8-11,20-21,32-33H2,1-7H3. The summed E-state index contributed by atoms with van der Waals surface area (Å²) in [7, 11) is 0. The fourth-order valence-corrected chi connectivity index (χ4v) is 12.9. The van der Waals surface area contributed by atoms with Crippen LogP contribution >= 0.6 is 0 Å². The molecule has 0 atom stereocenters. The number of benzene rings is 8. The molecule has 2 aliphatic heterocycles. The maximum atomic E-state index is 7.26. The fraction of sp³-hybridized carbons (Fsp3) is 0.262. The zero-order chi connectivity index (χ0) is 47.6. The number of aromatic nitrogens is 1. The summed E-state index contributed by atoms with van der Waals surface area (Å²) >= 11 is 0. The lowest BCUT2D eigenvalue weighted by atomic mass is 9.43. The number of anilines is 5. The largest absolute Gasteiger partial charge is 0.455 e. The normalized spacial score (nSPS) is 15.2. The average molecular weight is 912 g/mol. The Morgan fingerprint density at radius 1 is 0.571 bits per heavy atom. The molecule has 8 aromatic carbocycles. The van der Waals surface area contributed by atoms with Crippen LogP contribution in [0.15, 0.2) is 156 Å². The van der Waals surface area contributed by atoms with E-state index in [0.717, 1.165) is 71.1 Å². The number of para-hydroxylation sites is 3. The zero-order valence-corrected chi connectivity index (χ0v) is 41.9. The van der Waals surface area contributed by atoms with Gasteiger partial charge in [0.25, 0.3) is 0 Å². The SMILES string of the molecule is CCCCc1ccc2c(c1)c1cc(CCCC)cc3c1n2-c1cc2c(oc4ccccc42)c2c1B3N(c1cc3c(cc1C)C(C)(C)CCC3(C)C)c1ccc(N(c3ccccc3)c3ccccc3)cc1-2. The van der Waals surface area contributed by atoms with Crippen molar-refractivity contribution in [2.24, 2.45) is 0 Å². The highest BCUT2D eigenvalue weighted by Crippen LogP contribution is 2.53. The third-order valence-corrected chi connectivity index (χ3v) is 16.6. The Bertz CT molecular complexity index is 3690. The Kier molecular flexibility index (Phi) is 9.87. The van der Waals surface area contributed by atoms with Gasteiger partial charge in [0.05, 0.1) is 11.0 Å². The first-order valence-electron chi connectivity index (χ1n) is 26.1. The first-order valence-corrected chi connectivity index (χ1v) is 26.1. The van der Waals surface area contributed by atoms with E-state index < -0.39 is 0 Å². The molecule has 0 N–H and O–H groups in total. The summed E-state index contributed by atoms with van der Waals surface area (Å²) in [6, 6.07) is 57.8. The molecule has 70 heavy (non-hydrogen) atoms. The van der Waals surface area contributed by atoms with Crippen molar-refractivity contribution < 1.29 is 4.42 Å². The summed E-state index contributed by atoms with van der Waals surface area (Å²) in [5.41, 5.74) is 23.9. The second-order valence-corrected chi connectivity index (χ2v) is 22.1. The van der Waals surface area contributed by atoms with Gasteiger partial charge in [0, 0.05) is 66.8 Å². The van der Waals surface area contributed by atoms with Gasteiger partial charge >= 0.3 is 6.85 Å². The van der Waals surface area contributed by atoms with Gasteiger partial charge in [-0.2, -0.15) is 0 Å². The first-order chi connectivity index (χ1) is 34.0. The van der Waals surface area contributed by atoms with Gasteiger partial charge in [-0.1, -0.05) is 127 Å². The number of aryl methyl sites for hydroxylation is 3. The highest BCUT2D eigenvalue weighted by molar-refractivity contribution is 6.94. The lowest BCUT2D eigenvalue weighted by Crippen LogP contribution is -2.61. The number of nitrogens with zero attached hydrogens (tertiary/aromatic N) is 3. The summed E-state index contributed by atoms with van der Waals surface area (Å²) < 4.78 is 9.91. The van der Waals surface area contributed by atoms with Gasteiger partial charge in [-0.05, 0) is 174 Å². The lowest BCUT2D eigenvalue weighted by molar-refractivity contribution is 0.332. The van der Waals surface area contributed by atoms with Gasteiger partial charge < -0.3 is 18.7 Å². The van der Waals surface area contributed by atoms with Gasteiger partial charge in [0.2, 0.25) is 0 Å². The van der Waals surface area contributed by atoms with Gasteiger partial charge in [-0.25, -0.2) is 0 Å². The second kappa shape index (κ2) is 16.0. The third-order valence-electron chi connectivity index (χ3n) is 16.6. The summed E-state index contributed by atoms with van der Waals surface area (Å²) in [5, 5.41) is 5.03. The highest BCUT2D eigenvalue weighted by Gasteiger charge is 2.47. The molecule has 0 bridgehead atoms. The summed E-state index contributed by atoms with van der Waals surface area (Å²) in [5.74, 6) is 0. The molecule has 4 nitrogen and oxygen atoms in total. The van der Waals surface area contributed by atoms with E-state index in [9.17, 15) is 0 Å². The number of furan rings is 1. The number of hydrogen-bond donors (Lipinski definition) is 0. The Hall–Kier alpha value is -6.98. The molecule has 0 spiro atoms. The predicted octanol–water partition coefficient (Wildman–Crippen LogP) is 16.7. The molecule has 3 aliphatic rings. The molecule has 0 unspecified atom stereocenters. The quantitative estimate of drug-likeness (QED) is 0.128. The molecule has 2 aromatic heterocycles. The van der Waals surface area contributed by atoms with E-state index >= 15 is 0 Å². The lowest BCUT2D eigenvalue weighted by Gasteiger charge is -2.46. The van der Waals surface area contributed by atoms with Crippen LogP contribution in [0, 0.1) is 6.92 Å². The molecule has 0 saturated heterocycles. The van der Waals surface area contributed by atoms with Crippen LogP contribution in [0.25, 0.3) is 60.6 Å². The molecule has 10 aromatic rings. The topological polar surface area (TPSA) is 24.6 Å². The molecule has 0 saturated carbocycles. The molecule has 4 heterocycles. The summed E-state index contributed by atoms with van der Waals surface area (Å²) in [6.45, 7) is 16.7. The maximum Gasteiger partial charge on any atom is 0.333 e. The molecule has 0 amide bonds. The minimum atomic E-state index is -0.128. The number of fused-ring (bicyclic) bond motifs is 12. The highest BCUT2D eigenvalue weighted by atomic mass is 16.3. The van der Waals surface area contributed by atoms with E-state index in [1.54, 1.807) is 0 Å². The van der Waals surface area contributed by atoms with Crippen LogP contribution in [0.4, 0.5) is 28.4 Å². The number of hydrogen-bond acceptors (Lipinski definition) is 3. The Morgan fingerprint density at radius 2 is 1.23 bits per heavy atom. The van der Waals surface area contributed by atoms with E-state index in [1.165, 1.54) is 108 Å². The van der Waals surface area contributed by atoms with E-state index in [-0.39, 0.29) is 17.7 Å². The molecular formula is C65H62BN3O. The zero-order valence-electron chi connectivity index (χ0n) is 41.9. The predicted molar refractivity (Wildman–Crippen MR) is 299 cm³/mol. The van der Waals surface area contributed by atoms with Crippen LogP contribution in [-0.2, 0) is 23.7 Å². The Labute approximate surface area is 413 Å². The van der Waals surface area contributed by atoms with Crippen LogP contribution in [0.5, 0.6) is 0 Å². The van der Waals surface area contributed by atoms with Crippen LogP contribution in [0.1, 0.15) is 108 Å². The number of rotatable bonds is 10. The van der Waals surface area contributed by atoms with E-state index in [2.05, 4.69) is 214 Å². The summed E-state index contributed by atoms with van der Waals surface area (Å²) in [4.78, 5) is 5.18. The molecular weight excluding hydrogens is 850 g/mol. The fourth-order valence-electron chi connectivity index (χ4n) is 12.9. The van der Waals surface area contributed by atoms with Gasteiger partial charge in [-0.15, -0.1) is 0 Å². The van der Waals surface area contributed by atoms with Crippen molar-refractivity contribution in [3.63, 3.8) is 0 Å². The first kappa shape index (κ1) is 43.1. The van der Waals surface area contributed by atoms with Crippen LogP contribution in [-0.4, -0.2) is 11.4 Å². The Morgan fingerprint density at radius 3 is 1.94 bits per heavy atom. The average Bonchev–Trinajstić information content (AvgIpc) is 3.91. The second-order valence-electron chi connectivity index (χ2n) is 22.1. The Balaban J connectivity index is 1.20. The van der Waals surface area contributed by atoms with Gasteiger partial charge in [0.1, 0.15) is 11.2 Å². The third kappa shape index (κ3) is 6.42. The van der Waals surface area contributed by atoms with Crippen molar-refractivity contribution in [1.29, 1.82) is 0 Å². The summed E-state index contributed by atoms with van der Waals surface area (Å²) in [6.07, 6.45) is 9.15. The van der Waals surface area contributed by atoms with Crippen LogP contribution in [0.3, 0.4) is 0 Å². The molecule has 5 heteroatoms. The molecule has 346 valence electrons. The van der Waals surface area contributed by atoms with E-state index in [4.69, 9.17) is 4.42 Å². The van der Waals surface area contributed by atoms with Crippen LogP contribution < -0.4 is 20.6 Å². The van der Waals surface area contributed by atoms with E-state index in [1.807, 2.05) is 0 Å². The minimum absolute atomic E-state index is 0.0347. The van der Waals surface area contributed by atoms with Crippen molar-refractivity contribution in [3.05, 3.63) is 179 Å². The van der Waals surface area contributed by atoms with Crippen molar-refractivity contribution in [2.75, 3.05) is 9.71 Å². The van der Waals surface area contributed by atoms with Crippen molar-refractivity contribution in [2.45, 2.75) is 111 Å². The van der Waals surface area contributed by atoms with Crippen LogP contribution in [0.2, 0.25) is 0 Å². The van der Waals surface area contributed by atoms with Crippen molar-refractivity contribution >= 4 is 90.0 Å². The smallest absolute Gasteiger partial charge is 0.333 e. The van der Waals surface area contributed by atoms with Crippen molar-refractivity contribution in [1.82, 2.24) is 4.57 Å². The molecule has 0 radical (unpaired) electrons. The minimum Gasteiger partial charge on any atom is -0.455 e. The van der Waals surface area contributed by atoms with Gasteiger partial charge in [0.15, 0.2) is 0 Å². The molecule has 13 rings (SSSR count). The molecule has 0 fully saturated rings. The van der Waals surface area contributed by atoms with Gasteiger partial charge in [-0.3, -0.25) is 0 Å². The molecule has 1 aliphatic carbocycles. The van der Waals surface area contributed by atoms with Crippen molar-refractivity contribution in [3.8, 4) is 16.8 Å². The van der Waals surface area contributed by atoms with E-state index in [0.29, 0.717) is 0 Å². The maximum absolute atomic E-state index is 7.26. The number of unbranched alkanes of at least 4 members (excludes halogenated alkanes) is 2.